The highest BCUT2D eigenvalue weighted by Crippen LogP contribution is 2.32. The van der Waals surface area contributed by atoms with Gasteiger partial charge in [-0.2, -0.15) is 4.72 Å². The van der Waals surface area contributed by atoms with Gasteiger partial charge in [-0.3, -0.25) is 0 Å². The molecule has 206 valence electrons. The number of sulfonamides is 3. The molecule has 1 aromatic heterocycles. The van der Waals surface area contributed by atoms with E-state index in [1.54, 1.807) is 12.1 Å². The minimum absolute atomic E-state index is 0.0143. The van der Waals surface area contributed by atoms with Crippen LogP contribution in [0.5, 0.6) is 0 Å². The smallest absolute Gasteiger partial charge is 0.337 e. The van der Waals surface area contributed by atoms with E-state index in [2.05, 4.69) is 15.4 Å². The lowest BCUT2D eigenvalue weighted by molar-refractivity contribution is 0.0697. The van der Waals surface area contributed by atoms with E-state index in [0.717, 1.165) is 12.1 Å². The van der Waals surface area contributed by atoms with Crippen LogP contribution in [0, 0.1) is 0 Å². The summed E-state index contributed by atoms with van der Waals surface area (Å²) in [6, 6.07) is 7.66. The number of halogens is 2. The molecule has 2 aromatic carbocycles. The molecule has 0 saturated carbocycles. The van der Waals surface area contributed by atoms with E-state index in [1.807, 2.05) is 0 Å². The van der Waals surface area contributed by atoms with Crippen molar-refractivity contribution >= 4 is 70.6 Å². The molecule has 1 aliphatic rings. The number of carboxylic acids is 1. The van der Waals surface area contributed by atoms with Crippen LogP contribution in [0.2, 0.25) is 10.0 Å². The Balaban J connectivity index is 0.000000215. The Bertz CT molecular complexity index is 1710. The quantitative estimate of drug-likeness (QED) is 0.229. The van der Waals surface area contributed by atoms with Crippen molar-refractivity contribution in [2.24, 2.45) is 10.3 Å². The van der Waals surface area contributed by atoms with Gasteiger partial charge in [0.2, 0.25) is 30.1 Å². The number of carbonyl (C=O) groups is 1. The first-order valence-electron chi connectivity index (χ1n) is 9.96. The average molecular weight is 628 g/mol. The number of carboxylic acid groups (broad SMARTS) is 1. The molecule has 0 saturated heterocycles. The highest BCUT2D eigenvalue weighted by atomic mass is 35.5. The molecule has 0 spiro atoms. The van der Waals surface area contributed by atoms with Gasteiger partial charge in [-0.05, 0) is 36.4 Å². The first-order valence-corrected chi connectivity index (χ1v) is 15.3. The summed E-state index contributed by atoms with van der Waals surface area (Å²) in [6.07, 6.45) is 1.48. The molecule has 4 rings (SSSR count). The van der Waals surface area contributed by atoms with Crippen molar-refractivity contribution in [1.29, 1.82) is 0 Å². The number of furan rings is 1. The summed E-state index contributed by atoms with van der Waals surface area (Å²) in [6.45, 7) is 0.235. The van der Waals surface area contributed by atoms with Crippen LogP contribution >= 0.6 is 23.2 Å². The molecule has 38 heavy (non-hydrogen) atoms. The Morgan fingerprint density at radius 3 is 2.21 bits per heavy atom. The Morgan fingerprint density at radius 1 is 1.05 bits per heavy atom. The third kappa shape index (κ3) is 6.94. The van der Waals surface area contributed by atoms with E-state index >= 15 is 0 Å². The Hall–Kier alpha value is -2.90. The summed E-state index contributed by atoms with van der Waals surface area (Å²) >= 11 is 11.6. The monoisotopic (exact) mass is 627 g/mol. The molecule has 8 N–H and O–H groups in total. The largest absolute Gasteiger partial charge is 0.478 e. The summed E-state index contributed by atoms with van der Waals surface area (Å²) in [5.74, 6) is -0.725. The predicted octanol–water partition coefficient (Wildman–Crippen LogP) is 1.54. The van der Waals surface area contributed by atoms with Crippen LogP contribution in [0.4, 0.5) is 11.4 Å². The van der Waals surface area contributed by atoms with Gasteiger partial charge < -0.3 is 20.2 Å². The number of benzene rings is 2. The number of nitrogens with one attached hydrogen (secondary N) is 3. The average Bonchev–Trinajstić information content (AvgIpc) is 3.29. The number of nitrogens with two attached hydrogens (primary N) is 2. The van der Waals surface area contributed by atoms with Gasteiger partial charge in [-0.15, -0.1) is 0 Å². The normalized spacial score (nSPS) is 14.4. The van der Waals surface area contributed by atoms with Gasteiger partial charge in [-0.1, -0.05) is 23.2 Å². The second kappa shape index (κ2) is 11.1. The third-order valence-electron chi connectivity index (χ3n) is 4.81. The highest BCUT2D eigenvalue weighted by Gasteiger charge is 2.27. The Morgan fingerprint density at radius 2 is 1.66 bits per heavy atom. The van der Waals surface area contributed by atoms with E-state index in [0.29, 0.717) is 5.76 Å². The summed E-state index contributed by atoms with van der Waals surface area (Å²) in [4.78, 5) is 10.2. The molecule has 0 aliphatic carbocycles. The van der Waals surface area contributed by atoms with Crippen LogP contribution in [-0.4, -0.2) is 43.0 Å². The fourth-order valence-corrected chi connectivity index (χ4v) is 6.49. The van der Waals surface area contributed by atoms with Crippen LogP contribution in [0.1, 0.15) is 16.1 Å². The molecule has 0 amide bonds. The third-order valence-corrected chi connectivity index (χ3v) is 9.01. The van der Waals surface area contributed by atoms with Gasteiger partial charge in [-0.25, -0.2) is 40.3 Å². The van der Waals surface area contributed by atoms with Gasteiger partial charge in [0, 0.05) is 0 Å². The van der Waals surface area contributed by atoms with Crippen molar-refractivity contribution < 1.29 is 39.6 Å². The second-order valence-electron chi connectivity index (χ2n) is 7.44. The lowest BCUT2D eigenvalue weighted by atomic mass is 10.1. The first kappa shape index (κ1) is 29.7. The molecule has 2 heterocycles. The zero-order valence-corrected chi connectivity index (χ0v) is 22.8. The number of anilines is 2. The minimum Gasteiger partial charge on any atom is -0.478 e. The van der Waals surface area contributed by atoms with E-state index in [1.165, 1.54) is 18.4 Å². The second-order valence-corrected chi connectivity index (χ2v) is 13.0. The van der Waals surface area contributed by atoms with Crippen LogP contribution in [0.15, 0.2) is 61.8 Å². The SMILES string of the molecule is NS(=O)(=O)c1cc(C(=O)O)c(NCc2ccco2)cc1Cl.NS(=O)(=O)c1cc2c(cc1Cl)NCNS2(=O)=O. The van der Waals surface area contributed by atoms with Crippen molar-refractivity contribution in [2.45, 2.75) is 21.2 Å². The van der Waals surface area contributed by atoms with Crippen LogP contribution in [0.25, 0.3) is 0 Å². The molecule has 0 radical (unpaired) electrons. The van der Waals surface area contributed by atoms with Gasteiger partial charge in [0.25, 0.3) is 0 Å². The highest BCUT2D eigenvalue weighted by molar-refractivity contribution is 7.90. The van der Waals surface area contributed by atoms with Crippen LogP contribution < -0.4 is 25.6 Å². The summed E-state index contributed by atoms with van der Waals surface area (Å²) in [5, 5.41) is 24.3. The van der Waals surface area contributed by atoms with Crippen molar-refractivity contribution in [3.05, 3.63) is 64.0 Å². The van der Waals surface area contributed by atoms with E-state index in [9.17, 15) is 30.0 Å². The summed E-state index contributed by atoms with van der Waals surface area (Å²) in [5.41, 5.74) is 0.146. The number of hydrogen-bond donors (Lipinski definition) is 6. The number of fused-ring (bicyclic) bond motifs is 1. The number of hydrogen-bond acceptors (Lipinski definition) is 10. The van der Waals surface area contributed by atoms with E-state index in [4.69, 9.17) is 43.0 Å². The summed E-state index contributed by atoms with van der Waals surface area (Å²) < 4.78 is 75.7. The molecule has 0 atom stereocenters. The maximum atomic E-state index is 11.6. The summed E-state index contributed by atoms with van der Waals surface area (Å²) in [7, 11) is -11.9. The number of rotatable bonds is 6. The van der Waals surface area contributed by atoms with Crippen molar-refractivity contribution in [3.63, 3.8) is 0 Å². The lowest BCUT2D eigenvalue weighted by Crippen LogP contribution is -2.34. The standard InChI is InChI=1S/C12H11ClN2O5S.C7H8ClN3O4S2/c13-9-5-10(15-6-7-2-1-3-20-7)8(12(16)17)4-11(9)21(14,18)19;8-4-1-5-7(2-6(4)16(9,12)13)17(14,15)11-3-10-5/h1-5,15H,6H2,(H,16,17)(H2,14,18,19);1-2,10-11H,3H2,(H2,9,12,13). The van der Waals surface area contributed by atoms with Gasteiger partial charge in [0.15, 0.2) is 0 Å². The molecule has 0 bridgehead atoms. The molecule has 0 fully saturated rings. The van der Waals surface area contributed by atoms with E-state index in [-0.39, 0.29) is 45.1 Å². The molecule has 0 unspecified atom stereocenters. The molecule has 14 nitrogen and oxygen atoms in total. The maximum absolute atomic E-state index is 11.6. The molecular weight excluding hydrogens is 609 g/mol. The maximum Gasteiger partial charge on any atom is 0.337 e. The zero-order chi connectivity index (χ0) is 28.5. The van der Waals surface area contributed by atoms with Gasteiger partial charge in [0.1, 0.15) is 20.4 Å². The van der Waals surface area contributed by atoms with Crippen molar-refractivity contribution in [1.82, 2.24) is 4.72 Å². The van der Waals surface area contributed by atoms with Crippen molar-refractivity contribution in [2.75, 3.05) is 17.3 Å². The predicted molar refractivity (Wildman–Crippen MR) is 137 cm³/mol. The lowest BCUT2D eigenvalue weighted by Gasteiger charge is -2.20. The van der Waals surface area contributed by atoms with Gasteiger partial charge >= 0.3 is 5.97 Å². The molecule has 3 aromatic rings. The molecular formula is C19H19Cl2N5O9S3. The first-order chi connectivity index (χ1) is 17.5. The molecule has 19 heteroatoms. The topological polar surface area (TPSA) is 241 Å². The van der Waals surface area contributed by atoms with Crippen molar-refractivity contribution in [3.8, 4) is 0 Å². The fourth-order valence-electron chi connectivity index (χ4n) is 3.11. The van der Waals surface area contributed by atoms with Gasteiger partial charge in [0.05, 0.1) is 46.5 Å². The Kier molecular flexibility index (Phi) is 8.64. The van der Waals surface area contributed by atoms with E-state index < -0.39 is 45.8 Å². The minimum atomic E-state index is -4.11. The fraction of sp³-hybridized carbons (Fsp3) is 0.105. The molecule has 1 aliphatic heterocycles. The zero-order valence-electron chi connectivity index (χ0n) is 18.8. The number of aromatic carboxylic acids is 1. The van der Waals surface area contributed by atoms with Crippen LogP contribution in [0.3, 0.4) is 0 Å². The van der Waals surface area contributed by atoms with Crippen LogP contribution in [-0.2, 0) is 36.6 Å². The Labute approximate surface area is 227 Å². The number of primary sulfonamides is 2.